The summed E-state index contributed by atoms with van der Waals surface area (Å²) in [6.45, 7) is 10.3. The summed E-state index contributed by atoms with van der Waals surface area (Å²) in [5.41, 5.74) is 0.930. The lowest BCUT2D eigenvalue weighted by Gasteiger charge is -2.16. The maximum atomic E-state index is 12.8. The van der Waals surface area contributed by atoms with Crippen molar-refractivity contribution in [2.75, 3.05) is 31.9 Å². The minimum absolute atomic E-state index is 0.0913. The lowest BCUT2D eigenvalue weighted by Crippen LogP contribution is -2.28. The molecule has 1 aliphatic heterocycles. The van der Waals surface area contributed by atoms with Crippen molar-refractivity contribution in [3.63, 3.8) is 0 Å². The molecule has 1 aliphatic rings. The van der Waals surface area contributed by atoms with Crippen LogP contribution in [-0.2, 0) is 4.79 Å². The monoisotopic (exact) mass is 379 g/mol. The molecule has 6 heteroatoms. The molecule has 0 fully saturated rings. The maximum Gasteiger partial charge on any atom is 0.427 e. The SMILES string of the molecule is CCSC1=[N+](CCCN(CC)CC)C(=O)/C(=C/c2ccc(O)cc2)S1. The number of aromatic hydroxyl groups is 1. The second-order valence-electron chi connectivity index (χ2n) is 5.74. The molecule has 1 amide bonds. The Morgan fingerprint density at radius 3 is 2.48 bits per heavy atom. The van der Waals surface area contributed by atoms with Crippen molar-refractivity contribution < 1.29 is 14.5 Å². The Labute approximate surface area is 159 Å². The van der Waals surface area contributed by atoms with E-state index in [1.807, 2.05) is 22.8 Å². The van der Waals surface area contributed by atoms with Crippen molar-refractivity contribution in [3.8, 4) is 5.75 Å². The van der Waals surface area contributed by atoms with E-state index in [0.717, 1.165) is 53.2 Å². The number of carbonyl (C=O) groups excluding carboxylic acids is 1. The normalized spacial score (nSPS) is 16.5. The summed E-state index contributed by atoms with van der Waals surface area (Å²) in [5, 5.41) is 9.39. The van der Waals surface area contributed by atoms with Gasteiger partial charge in [-0.05, 0) is 60.4 Å². The van der Waals surface area contributed by atoms with E-state index in [2.05, 4.69) is 25.7 Å². The highest BCUT2D eigenvalue weighted by molar-refractivity contribution is 8.40. The quantitative estimate of drug-likeness (QED) is 0.549. The summed E-state index contributed by atoms with van der Waals surface area (Å²) in [4.78, 5) is 16.0. The molecule has 2 rings (SSSR count). The van der Waals surface area contributed by atoms with Gasteiger partial charge in [0.25, 0.3) is 4.38 Å². The van der Waals surface area contributed by atoms with Gasteiger partial charge < -0.3 is 10.0 Å². The lowest BCUT2D eigenvalue weighted by atomic mass is 10.2. The van der Waals surface area contributed by atoms with Gasteiger partial charge in [0, 0.05) is 18.7 Å². The predicted octanol–water partition coefficient (Wildman–Crippen LogP) is 3.86. The van der Waals surface area contributed by atoms with Crippen molar-refractivity contribution in [2.45, 2.75) is 27.2 Å². The Morgan fingerprint density at radius 2 is 1.88 bits per heavy atom. The van der Waals surface area contributed by atoms with Crippen LogP contribution < -0.4 is 0 Å². The van der Waals surface area contributed by atoms with Crippen LogP contribution in [0.25, 0.3) is 6.08 Å². The first kappa shape index (κ1) is 20.1. The topological polar surface area (TPSA) is 43.5 Å². The largest absolute Gasteiger partial charge is 0.508 e. The molecule has 1 aromatic carbocycles. The minimum Gasteiger partial charge on any atom is -0.508 e. The summed E-state index contributed by atoms with van der Waals surface area (Å²) < 4.78 is 3.01. The van der Waals surface area contributed by atoms with Gasteiger partial charge in [0.1, 0.15) is 10.7 Å². The molecule has 0 unspecified atom stereocenters. The molecule has 0 saturated carbocycles. The smallest absolute Gasteiger partial charge is 0.427 e. The Morgan fingerprint density at radius 1 is 1.20 bits per heavy atom. The van der Waals surface area contributed by atoms with Gasteiger partial charge in [-0.1, -0.05) is 32.9 Å². The molecule has 1 N–H and O–H groups in total. The molecule has 0 spiro atoms. The number of hydrogen-bond donors (Lipinski definition) is 1. The maximum absolute atomic E-state index is 12.8. The number of thioether (sulfide) groups is 2. The van der Waals surface area contributed by atoms with Gasteiger partial charge in [-0.15, -0.1) is 4.58 Å². The fraction of sp³-hybridized carbons (Fsp3) is 0.474. The number of amides is 1. The number of rotatable bonds is 8. The third-order valence-electron chi connectivity index (χ3n) is 4.08. The van der Waals surface area contributed by atoms with Gasteiger partial charge in [0.2, 0.25) is 0 Å². The van der Waals surface area contributed by atoms with Crippen LogP contribution in [0.1, 0.15) is 32.8 Å². The molecule has 0 aliphatic carbocycles. The molecule has 4 nitrogen and oxygen atoms in total. The van der Waals surface area contributed by atoms with Crippen LogP contribution in [0.5, 0.6) is 5.75 Å². The predicted molar refractivity (Wildman–Crippen MR) is 109 cm³/mol. The van der Waals surface area contributed by atoms with Crippen molar-refractivity contribution in [2.24, 2.45) is 0 Å². The second-order valence-corrected chi connectivity index (χ2v) is 8.28. The van der Waals surface area contributed by atoms with Crippen LogP contribution in [0, 0.1) is 0 Å². The third kappa shape index (κ3) is 5.62. The zero-order valence-electron chi connectivity index (χ0n) is 15.2. The van der Waals surface area contributed by atoms with E-state index in [1.165, 1.54) is 0 Å². The molecule has 0 radical (unpaired) electrons. The van der Waals surface area contributed by atoms with E-state index in [1.54, 1.807) is 35.7 Å². The molecule has 0 aromatic heterocycles. The third-order valence-corrected chi connectivity index (χ3v) is 6.35. The van der Waals surface area contributed by atoms with Gasteiger partial charge in [0.15, 0.2) is 6.54 Å². The number of phenolic OH excluding ortho intramolecular Hbond substituents is 1. The summed E-state index contributed by atoms with van der Waals surface area (Å²) >= 11 is 3.29. The van der Waals surface area contributed by atoms with E-state index >= 15 is 0 Å². The first-order valence-electron chi connectivity index (χ1n) is 8.81. The van der Waals surface area contributed by atoms with E-state index in [9.17, 15) is 9.90 Å². The van der Waals surface area contributed by atoms with Crippen LogP contribution in [0.15, 0.2) is 29.2 Å². The van der Waals surface area contributed by atoms with Crippen molar-refractivity contribution in [1.29, 1.82) is 0 Å². The van der Waals surface area contributed by atoms with E-state index < -0.39 is 0 Å². The zero-order chi connectivity index (χ0) is 18.2. The zero-order valence-corrected chi connectivity index (χ0v) is 16.8. The summed E-state index contributed by atoms with van der Waals surface area (Å²) in [7, 11) is 0. The fourth-order valence-electron chi connectivity index (χ4n) is 2.64. The summed E-state index contributed by atoms with van der Waals surface area (Å²) in [5.74, 6) is 1.28. The number of phenols is 1. The Hall–Kier alpha value is -1.24. The lowest BCUT2D eigenvalue weighted by molar-refractivity contribution is -0.438. The molecule has 1 heterocycles. The highest BCUT2D eigenvalue weighted by atomic mass is 32.2. The van der Waals surface area contributed by atoms with Crippen LogP contribution >= 0.6 is 23.5 Å². The minimum atomic E-state index is 0.0913. The van der Waals surface area contributed by atoms with Gasteiger partial charge in [-0.2, -0.15) is 0 Å². The fourth-order valence-corrected chi connectivity index (χ4v) is 4.94. The van der Waals surface area contributed by atoms with Gasteiger partial charge in [-0.3, -0.25) is 0 Å². The highest BCUT2D eigenvalue weighted by Crippen LogP contribution is 2.33. The van der Waals surface area contributed by atoms with Crippen molar-refractivity contribution in [1.82, 2.24) is 4.90 Å². The molecular weight excluding hydrogens is 352 g/mol. The van der Waals surface area contributed by atoms with Crippen LogP contribution in [0.3, 0.4) is 0 Å². The van der Waals surface area contributed by atoms with Crippen molar-refractivity contribution >= 4 is 39.9 Å². The van der Waals surface area contributed by atoms with Crippen LogP contribution in [-0.4, -0.2) is 56.8 Å². The molecule has 25 heavy (non-hydrogen) atoms. The van der Waals surface area contributed by atoms with Gasteiger partial charge >= 0.3 is 5.91 Å². The molecular formula is C19H27N2O2S2+. The van der Waals surface area contributed by atoms with Crippen molar-refractivity contribution in [3.05, 3.63) is 34.7 Å². The Kier molecular flexibility index (Phi) is 8.06. The molecule has 0 bridgehead atoms. The number of benzene rings is 1. The average molecular weight is 380 g/mol. The molecule has 0 atom stereocenters. The standard InChI is InChI=1S/C19H26N2O2S2/c1-4-20(5-2)12-7-13-21-18(23)17(25-19(21)24-6-3)14-15-8-10-16(22)11-9-15/h8-11,14H,4-7,12-13H2,1-3H3/p+1. The number of hydrogen-bond acceptors (Lipinski definition) is 5. The second kappa shape index (κ2) is 10.0. The van der Waals surface area contributed by atoms with Crippen LogP contribution in [0.2, 0.25) is 0 Å². The summed E-state index contributed by atoms with van der Waals surface area (Å²) in [6, 6.07) is 6.94. The van der Waals surface area contributed by atoms with Gasteiger partial charge in [0.05, 0.1) is 0 Å². The van der Waals surface area contributed by atoms with Crippen LogP contribution in [0.4, 0.5) is 0 Å². The Balaban J connectivity index is 2.09. The first-order chi connectivity index (χ1) is 12.1. The first-order valence-corrected chi connectivity index (χ1v) is 10.6. The van der Waals surface area contributed by atoms with E-state index in [4.69, 9.17) is 0 Å². The average Bonchev–Trinajstić information content (AvgIpc) is 2.90. The molecule has 1 aromatic rings. The number of carbonyl (C=O) groups is 1. The summed E-state index contributed by atoms with van der Waals surface area (Å²) in [6.07, 6.45) is 2.89. The number of nitrogens with zero attached hydrogens (tertiary/aromatic N) is 2. The van der Waals surface area contributed by atoms with E-state index in [0.29, 0.717) is 0 Å². The Bertz CT molecular complexity index is 650. The highest BCUT2D eigenvalue weighted by Gasteiger charge is 2.37. The van der Waals surface area contributed by atoms with Gasteiger partial charge in [-0.25, -0.2) is 4.79 Å². The van der Waals surface area contributed by atoms with E-state index in [-0.39, 0.29) is 11.7 Å². The molecule has 0 saturated heterocycles. The molecule has 136 valence electrons.